The second-order valence-corrected chi connectivity index (χ2v) is 8.98. The van der Waals surface area contributed by atoms with Crippen molar-refractivity contribution in [3.8, 4) is 0 Å². The molecule has 0 heterocycles. The van der Waals surface area contributed by atoms with Crippen LogP contribution in [0, 0.1) is 5.92 Å². The van der Waals surface area contributed by atoms with Gasteiger partial charge in [0, 0.05) is 0 Å². The summed E-state index contributed by atoms with van der Waals surface area (Å²) in [5, 5.41) is 0. The minimum absolute atomic E-state index is 0.874. The van der Waals surface area contributed by atoms with Crippen LogP contribution >= 0.6 is 0 Å². The maximum absolute atomic E-state index is 5.52. The second-order valence-electron chi connectivity index (χ2n) is 8.98. The van der Waals surface area contributed by atoms with Gasteiger partial charge in [0.1, 0.15) is 0 Å². The molecule has 0 saturated carbocycles. The lowest BCUT2D eigenvalue weighted by Crippen LogP contribution is -1.97. The van der Waals surface area contributed by atoms with E-state index in [1.807, 2.05) is 0 Å². The molecule has 0 saturated heterocycles. The number of hydrogen-bond donors (Lipinski definition) is 1. The Morgan fingerprint density at radius 1 is 0.407 bits per heavy atom. The van der Waals surface area contributed by atoms with Gasteiger partial charge in [-0.05, 0) is 18.9 Å². The molecule has 0 spiro atoms. The second kappa shape index (κ2) is 24.0. The molecule has 0 amide bonds. The molecule has 27 heavy (non-hydrogen) atoms. The third-order valence-electron chi connectivity index (χ3n) is 6.47. The molecule has 0 aromatic heterocycles. The monoisotopic (exact) mass is 381 g/mol. The molecule has 0 aliphatic rings. The predicted octanol–water partition coefficient (Wildman–Crippen LogP) is 9.18. The minimum atomic E-state index is 0.874. The zero-order valence-electron chi connectivity index (χ0n) is 19.4. The summed E-state index contributed by atoms with van der Waals surface area (Å²) < 4.78 is 0. The molecule has 0 aromatic rings. The quantitative estimate of drug-likeness (QED) is 0.175. The van der Waals surface area contributed by atoms with Gasteiger partial charge in [0.2, 0.25) is 0 Å². The fraction of sp³-hybridized carbons (Fsp3) is 1.00. The van der Waals surface area contributed by atoms with Crippen LogP contribution in [0.15, 0.2) is 0 Å². The topological polar surface area (TPSA) is 26.0 Å². The highest BCUT2D eigenvalue weighted by atomic mass is 14.5. The van der Waals surface area contributed by atoms with Crippen LogP contribution in [0.1, 0.15) is 155 Å². The van der Waals surface area contributed by atoms with E-state index < -0.39 is 0 Å². The van der Waals surface area contributed by atoms with Crippen molar-refractivity contribution >= 4 is 0 Å². The standard InChI is InChI=1S/C26H55N/c1-3-26(4-2)24-22-20-18-16-14-12-10-8-6-5-7-9-11-13-15-17-19-21-23-25-27/h26H,3-25,27H2,1-2H3. The molecule has 0 aromatic carbocycles. The van der Waals surface area contributed by atoms with Crippen molar-refractivity contribution in [3.05, 3.63) is 0 Å². The van der Waals surface area contributed by atoms with Crippen molar-refractivity contribution in [2.24, 2.45) is 11.7 Å². The summed E-state index contributed by atoms with van der Waals surface area (Å²) in [5.74, 6) is 0.997. The molecule has 2 N–H and O–H groups in total. The molecular formula is C26H55N. The van der Waals surface area contributed by atoms with Gasteiger partial charge in [-0.15, -0.1) is 0 Å². The highest BCUT2D eigenvalue weighted by Crippen LogP contribution is 2.18. The number of unbranched alkanes of at least 4 members (excludes halogenated alkanes) is 18. The first-order valence-corrected chi connectivity index (χ1v) is 13.0. The Morgan fingerprint density at radius 2 is 0.667 bits per heavy atom. The normalized spacial score (nSPS) is 11.6. The number of rotatable bonds is 23. The van der Waals surface area contributed by atoms with Gasteiger partial charge in [-0.2, -0.15) is 0 Å². The molecule has 0 radical (unpaired) electrons. The Hall–Kier alpha value is -0.0400. The SMILES string of the molecule is CCC(CC)CCCCCCCCCCCCCCCCCCCCCN. The van der Waals surface area contributed by atoms with E-state index in [1.54, 1.807) is 0 Å². The third-order valence-corrected chi connectivity index (χ3v) is 6.47. The molecule has 0 aliphatic heterocycles. The summed E-state index contributed by atoms with van der Waals surface area (Å²) in [6.45, 7) is 5.57. The van der Waals surface area contributed by atoms with Crippen molar-refractivity contribution in [2.75, 3.05) is 6.54 Å². The van der Waals surface area contributed by atoms with E-state index in [2.05, 4.69) is 13.8 Å². The summed E-state index contributed by atoms with van der Waals surface area (Å²) >= 11 is 0. The van der Waals surface area contributed by atoms with Crippen LogP contribution in [0.25, 0.3) is 0 Å². The van der Waals surface area contributed by atoms with Crippen molar-refractivity contribution in [1.29, 1.82) is 0 Å². The highest BCUT2D eigenvalue weighted by Gasteiger charge is 2.02. The molecule has 0 atom stereocenters. The lowest BCUT2D eigenvalue weighted by atomic mass is 9.95. The van der Waals surface area contributed by atoms with Crippen LogP contribution in [-0.4, -0.2) is 6.54 Å². The van der Waals surface area contributed by atoms with Crippen LogP contribution in [0.4, 0.5) is 0 Å². The van der Waals surface area contributed by atoms with Gasteiger partial charge in [0.25, 0.3) is 0 Å². The lowest BCUT2D eigenvalue weighted by Gasteiger charge is -2.11. The Balaban J connectivity index is 3.03. The van der Waals surface area contributed by atoms with Crippen molar-refractivity contribution < 1.29 is 0 Å². The minimum Gasteiger partial charge on any atom is -0.330 e. The molecular weight excluding hydrogens is 326 g/mol. The van der Waals surface area contributed by atoms with Crippen LogP contribution in [0.5, 0.6) is 0 Å². The molecule has 1 nitrogen and oxygen atoms in total. The van der Waals surface area contributed by atoms with E-state index in [-0.39, 0.29) is 0 Å². The fourth-order valence-corrected chi connectivity index (χ4v) is 4.28. The fourth-order valence-electron chi connectivity index (χ4n) is 4.28. The van der Waals surface area contributed by atoms with Crippen LogP contribution < -0.4 is 5.73 Å². The van der Waals surface area contributed by atoms with Crippen molar-refractivity contribution in [2.45, 2.75) is 155 Å². The smallest absolute Gasteiger partial charge is 0.00773 e. The van der Waals surface area contributed by atoms with E-state index in [4.69, 9.17) is 5.73 Å². The largest absolute Gasteiger partial charge is 0.330 e. The molecule has 0 fully saturated rings. The van der Waals surface area contributed by atoms with Crippen molar-refractivity contribution in [3.63, 3.8) is 0 Å². The molecule has 0 aliphatic carbocycles. The van der Waals surface area contributed by atoms with Crippen molar-refractivity contribution in [1.82, 2.24) is 0 Å². The first kappa shape index (κ1) is 27.0. The summed E-state index contributed by atoms with van der Waals surface area (Å²) in [4.78, 5) is 0. The van der Waals surface area contributed by atoms with Gasteiger partial charge >= 0.3 is 0 Å². The van der Waals surface area contributed by atoms with Gasteiger partial charge in [-0.3, -0.25) is 0 Å². The molecule has 0 rings (SSSR count). The van der Waals surface area contributed by atoms with E-state index >= 15 is 0 Å². The lowest BCUT2D eigenvalue weighted by molar-refractivity contribution is 0.426. The third kappa shape index (κ3) is 22.1. The molecule has 0 unspecified atom stereocenters. The Morgan fingerprint density at radius 3 is 0.926 bits per heavy atom. The van der Waals surface area contributed by atoms with E-state index in [9.17, 15) is 0 Å². The predicted molar refractivity (Wildman–Crippen MR) is 125 cm³/mol. The number of hydrogen-bond acceptors (Lipinski definition) is 1. The summed E-state index contributed by atoms with van der Waals surface area (Å²) in [5.41, 5.74) is 5.52. The molecule has 164 valence electrons. The zero-order chi connectivity index (χ0) is 19.8. The van der Waals surface area contributed by atoms with E-state index in [0.29, 0.717) is 0 Å². The number of nitrogens with two attached hydrogens (primary N) is 1. The average Bonchev–Trinajstić information content (AvgIpc) is 2.69. The maximum atomic E-state index is 5.52. The Labute approximate surface area is 173 Å². The maximum Gasteiger partial charge on any atom is -0.00773 e. The average molecular weight is 382 g/mol. The summed E-state index contributed by atoms with van der Waals surface area (Å²) in [6.07, 6.45) is 31.7. The van der Waals surface area contributed by atoms with Gasteiger partial charge in [0.05, 0.1) is 0 Å². The van der Waals surface area contributed by atoms with E-state index in [1.165, 1.54) is 141 Å². The van der Waals surface area contributed by atoms with Crippen LogP contribution in [0.3, 0.4) is 0 Å². The van der Waals surface area contributed by atoms with Crippen LogP contribution in [0.2, 0.25) is 0 Å². The van der Waals surface area contributed by atoms with E-state index in [0.717, 1.165) is 12.5 Å². The Bertz CT molecular complexity index is 247. The first-order valence-electron chi connectivity index (χ1n) is 13.0. The summed E-state index contributed by atoms with van der Waals surface area (Å²) in [7, 11) is 0. The zero-order valence-corrected chi connectivity index (χ0v) is 19.4. The van der Waals surface area contributed by atoms with Gasteiger partial charge in [0.15, 0.2) is 0 Å². The highest BCUT2D eigenvalue weighted by molar-refractivity contribution is 4.56. The molecule has 0 bridgehead atoms. The van der Waals surface area contributed by atoms with Gasteiger partial charge in [-0.25, -0.2) is 0 Å². The summed E-state index contributed by atoms with van der Waals surface area (Å²) in [6, 6.07) is 0. The van der Waals surface area contributed by atoms with Gasteiger partial charge in [-0.1, -0.05) is 149 Å². The first-order chi connectivity index (χ1) is 13.3. The van der Waals surface area contributed by atoms with Crippen LogP contribution in [-0.2, 0) is 0 Å². The van der Waals surface area contributed by atoms with Gasteiger partial charge < -0.3 is 5.73 Å². The Kier molecular flexibility index (Phi) is 24.0. The molecule has 1 heteroatoms.